The van der Waals surface area contributed by atoms with Gasteiger partial charge in [0.2, 0.25) is 0 Å². The lowest BCUT2D eigenvalue weighted by Gasteiger charge is -2.14. The molecule has 1 rings (SSSR count). The third-order valence-electron chi connectivity index (χ3n) is 3.13. The second kappa shape index (κ2) is 9.76. The average molecular weight is 270 g/mol. The average Bonchev–Trinajstić information content (AvgIpc) is 2.45. The van der Waals surface area contributed by atoms with E-state index in [-0.39, 0.29) is 6.61 Å². The summed E-state index contributed by atoms with van der Waals surface area (Å²) in [6.07, 6.45) is 2.54. The Balaban J connectivity index is 2.12. The van der Waals surface area contributed by atoms with Crippen LogP contribution in [0.15, 0.2) is 30.3 Å². The van der Waals surface area contributed by atoms with E-state index in [1.165, 1.54) is 6.42 Å². The van der Waals surface area contributed by atoms with Crippen molar-refractivity contribution in [2.75, 3.05) is 6.61 Å². The Morgan fingerprint density at radius 2 is 1.63 bits per heavy atom. The zero-order chi connectivity index (χ0) is 13.9. The van der Waals surface area contributed by atoms with Crippen LogP contribution in [0.3, 0.4) is 0 Å². The molecule has 0 aliphatic rings. The van der Waals surface area contributed by atoms with Gasteiger partial charge in [0.25, 0.3) is 0 Å². The summed E-state index contributed by atoms with van der Waals surface area (Å²) in [5.74, 6) is 0.584. The summed E-state index contributed by atoms with van der Waals surface area (Å²) >= 11 is 0. The lowest BCUT2D eigenvalue weighted by molar-refractivity contribution is 0.101. The summed E-state index contributed by atoms with van der Waals surface area (Å²) in [6, 6.07) is 8.95. The minimum Gasteiger partial charge on any atom is -0.490 e. The highest BCUT2D eigenvalue weighted by Gasteiger charge is 2.20. The molecule has 3 heteroatoms. The van der Waals surface area contributed by atoms with Crippen molar-refractivity contribution in [1.29, 1.82) is 0 Å². The minimum atomic E-state index is -1.54. The van der Waals surface area contributed by atoms with E-state index in [0.717, 1.165) is 25.7 Å². The Kier molecular flexibility index (Phi) is 8.19. The van der Waals surface area contributed by atoms with Gasteiger partial charge in [0.05, 0.1) is 0 Å². The summed E-state index contributed by atoms with van der Waals surface area (Å²) < 4.78 is 32.3. The summed E-state index contributed by atoms with van der Waals surface area (Å²) in [4.78, 5) is 0. The second-order valence-electron chi connectivity index (χ2n) is 4.86. The molecular formula is C16H24F2O. The predicted octanol–water partition coefficient (Wildman–Crippen LogP) is 5.10. The van der Waals surface area contributed by atoms with Crippen LogP contribution in [0.25, 0.3) is 0 Å². The Morgan fingerprint density at radius 3 is 2.32 bits per heavy atom. The quantitative estimate of drug-likeness (QED) is 0.537. The molecular weight excluding hydrogens is 246 g/mol. The molecule has 0 aliphatic heterocycles. The van der Waals surface area contributed by atoms with Crippen LogP contribution in [-0.4, -0.2) is 19.0 Å². The molecule has 0 saturated carbocycles. The first-order valence-electron chi connectivity index (χ1n) is 7.20. The van der Waals surface area contributed by atoms with E-state index < -0.39 is 12.3 Å². The van der Waals surface area contributed by atoms with Gasteiger partial charge in [-0.3, -0.25) is 0 Å². The first-order chi connectivity index (χ1) is 9.24. The maximum absolute atomic E-state index is 13.6. The number of hydrogen-bond donors (Lipinski definition) is 0. The third kappa shape index (κ3) is 7.14. The van der Waals surface area contributed by atoms with E-state index in [9.17, 15) is 8.78 Å². The highest BCUT2D eigenvalue weighted by molar-refractivity contribution is 5.20. The molecule has 1 aromatic carbocycles. The van der Waals surface area contributed by atoms with Gasteiger partial charge in [0, 0.05) is 0 Å². The molecule has 0 spiro atoms. The number of rotatable bonds is 10. The van der Waals surface area contributed by atoms with Crippen molar-refractivity contribution in [2.24, 2.45) is 0 Å². The van der Waals surface area contributed by atoms with Crippen molar-refractivity contribution in [2.45, 2.75) is 57.8 Å². The number of hydrogen-bond acceptors (Lipinski definition) is 1. The molecule has 0 heterocycles. The van der Waals surface area contributed by atoms with E-state index in [0.29, 0.717) is 12.2 Å². The zero-order valence-electron chi connectivity index (χ0n) is 11.7. The van der Waals surface area contributed by atoms with Crippen LogP contribution >= 0.6 is 0 Å². The number of para-hydroxylation sites is 1. The highest BCUT2D eigenvalue weighted by Crippen LogP contribution is 2.16. The monoisotopic (exact) mass is 270 g/mol. The molecule has 0 fully saturated rings. The first kappa shape index (κ1) is 15.9. The molecule has 108 valence electrons. The summed E-state index contributed by atoms with van der Waals surface area (Å²) in [5, 5.41) is 0. The van der Waals surface area contributed by atoms with Crippen LogP contribution < -0.4 is 4.74 Å². The van der Waals surface area contributed by atoms with Crippen LogP contribution in [0, 0.1) is 0 Å². The molecule has 1 nitrogen and oxygen atoms in total. The van der Waals surface area contributed by atoms with Gasteiger partial charge in [-0.15, -0.1) is 0 Å². The van der Waals surface area contributed by atoms with E-state index in [1.807, 2.05) is 18.2 Å². The van der Waals surface area contributed by atoms with Crippen LogP contribution in [0.4, 0.5) is 8.78 Å². The maximum Gasteiger partial charge on any atom is 0.165 e. The Labute approximate surface area is 115 Å². The van der Waals surface area contributed by atoms with Crippen molar-refractivity contribution in [1.82, 2.24) is 0 Å². The zero-order valence-corrected chi connectivity index (χ0v) is 11.7. The molecule has 0 amide bonds. The summed E-state index contributed by atoms with van der Waals surface area (Å²) in [6.45, 7) is 1.93. The summed E-state index contributed by atoms with van der Waals surface area (Å²) in [5.41, 5.74) is 0. The van der Waals surface area contributed by atoms with Crippen LogP contribution in [0.1, 0.15) is 45.4 Å². The molecule has 2 atom stereocenters. The van der Waals surface area contributed by atoms with Gasteiger partial charge in [0.15, 0.2) is 6.17 Å². The SMILES string of the molecule is CCCCCCCC(F)C(F)COc1ccccc1. The molecule has 0 bridgehead atoms. The van der Waals surface area contributed by atoms with E-state index in [4.69, 9.17) is 4.74 Å². The lowest BCUT2D eigenvalue weighted by atomic mass is 10.1. The number of alkyl halides is 2. The van der Waals surface area contributed by atoms with Gasteiger partial charge in [-0.05, 0) is 18.6 Å². The van der Waals surface area contributed by atoms with Crippen molar-refractivity contribution >= 4 is 0 Å². The van der Waals surface area contributed by atoms with Gasteiger partial charge in [0.1, 0.15) is 18.5 Å². The fraction of sp³-hybridized carbons (Fsp3) is 0.625. The van der Waals surface area contributed by atoms with Crippen LogP contribution in [0.5, 0.6) is 5.75 Å². The molecule has 0 saturated heterocycles. The topological polar surface area (TPSA) is 9.23 Å². The lowest BCUT2D eigenvalue weighted by Crippen LogP contribution is -2.24. The molecule has 19 heavy (non-hydrogen) atoms. The smallest absolute Gasteiger partial charge is 0.165 e. The van der Waals surface area contributed by atoms with Crippen molar-refractivity contribution in [3.05, 3.63) is 30.3 Å². The fourth-order valence-corrected chi connectivity index (χ4v) is 1.92. The fourth-order valence-electron chi connectivity index (χ4n) is 1.92. The van der Waals surface area contributed by atoms with Gasteiger partial charge >= 0.3 is 0 Å². The normalized spacial score (nSPS) is 14.1. The standard InChI is InChI=1S/C16H24F2O/c1-2-3-4-5-9-12-15(17)16(18)13-19-14-10-7-6-8-11-14/h6-8,10-11,15-16H,2-5,9,12-13H2,1H3. The van der Waals surface area contributed by atoms with E-state index in [2.05, 4.69) is 6.92 Å². The molecule has 1 aromatic rings. The van der Waals surface area contributed by atoms with E-state index >= 15 is 0 Å². The number of halogens is 2. The molecule has 0 aliphatic carbocycles. The number of unbranched alkanes of at least 4 members (excludes halogenated alkanes) is 4. The minimum absolute atomic E-state index is 0.208. The molecule has 0 radical (unpaired) electrons. The summed E-state index contributed by atoms with van der Waals surface area (Å²) in [7, 11) is 0. The van der Waals surface area contributed by atoms with E-state index in [1.54, 1.807) is 12.1 Å². The number of benzene rings is 1. The first-order valence-corrected chi connectivity index (χ1v) is 7.20. The molecule has 2 unspecified atom stereocenters. The number of ether oxygens (including phenoxy) is 1. The van der Waals surface area contributed by atoms with Gasteiger partial charge < -0.3 is 4.74 Å². The van der Waals surface area contributed by atoms with Gasteiger partial charge in [-0.2, -0.15) is 0 Å². The van der Waals surface area contributed by atoms with Gasteiger partial charge in [-0.25, -0.2) is 8.78 Å². The Hall–Kier alpha value is -1.12. The molecule has 0 N–H and O–H groups in total. The Bertz CT molecular complexity index is 316. The third-order valence-corrected chi connectivity index (χ3v) is 3.13. The predicted molar refractivity (Wildman–Crippen MR) is 75.1 cm³/mol. The molecule has 0 aromatic heterocycles. The largest absolute Gasteiger partial charge is 0.490 e. The van der Waals surface area contributed by atoms with Crippen LogP contribution in [-0.2, 0) is 0 Å². The van der Waals surface area contributed by atoms with Crippen molar-refractivity contribution in [3.63, 3.8) is 0 Å². The second-order valence-corrected chi connectivity index (χ2v) is 4.86. The van der Waals surface area contributed by atoms with Gasteiger partial charge in [-0.1, -0.05) is 57.2 Å². The highest BCUT2D eigenvalue weighted by atomic mass is 19.2. The van der Waals surface area contributed by atoms with Crippen molar-refractivity contribution in [3.8, 4) is 5.75 Å². The maximum atomic E-state index is 13.6. The van der Waals surface area contributed by atoms with Crippen molar-refractivity contribution < 1.29 is 13.5 Å². The Morgan fingerprint density at radius 1 is 0.947 bits per heavy atom. The van der Waals surface area contributed by atoms with Crippen LogP contribution in [0.2, 0.25) is 0 Å².